The highest BCUT2D eigenvalue weighted by Crippen LogP contribution is 2.19. The zero-order valence-electron chi connectivity index (χ0n) is 8.75. The van der Waals surface area contributed by atoms with Crippen molar-refractivity contribution in [2.75, 3.05) is 6.54 Å². The average Bonchev–Trinajstić information content (AvgIpc) is 2.19. The minimum atomic E-state index is -4.57. The largest absolute Gasteiger partial charge is 0.415 e. The van der Waals surface area contributed by atoms with Crippen LogP contribution in [0.15, 0.2) is 18.3 Å². The molecule has 16 heavy (non-hydrogen) atoms. The van der Waals surface area contributed by atoms with Crippen LogP contribution in [0.4, 0.5) is 13.2 Å². The van der Waals surface area contributed by atoms with Gasteiger partial charge in [0.15, 0.2) is 6.10 Å². The summed E-state index contributed by atoms with van der Waals surface area (Å²) in [6.07, 6.45) is -5.31. The van der Waals surface area contributed by atoms with E-state index < -0.39 is 18.8 Å². The lowest BCUT2D eigenvalue weighted by Gasteiger charge is -2.14. The number of nitrogens with zero attached hydrogens (tertiary/aromatic N) is 1. The Bertz CT molecular complexity index is 324. The second-order valence-corrected chi connectivity index (χ2v) is 3.50. The molecule has 0 amide bonds. The van der Waals surface area contributed by atoms with Crippen molar-refractivity contribution in [3.05, 3.63) is 29.6 Å². The van der Waals surface area contributed by atoms with Crippen molar-refractivity contribution in [3.63, 3.8) is 0 Å². The van der Waals surface area contributed by atoms with Crippen LogP contribution in [-0.2, 0) is 6.54 Å². The minimum absolute atomic E-state index is 0.250. The van der Waals surface area contributed by atoms with Gasteiger partial charge in [-0.3, -0.25) is 4.98 Å². The van der Waals surface area contributed by atoms with E-state index in [0.717, 1.165) is 11.3 Å². The Morgan fingerprint density at radius 1 is 1.44 bits per heavy atom. The molecule has 0 saturated carbocycles. The number of nitrogens with one attached hydrogen (secondary N) is 1. The third-order valence-electron chi connectivity index (χ3n) is 2.02. The van der Waals surface area contributed by atoms with E-state index in [1.54, 1.807) is 18.3 Å². The van der Waals surface area contributed by atoms with E-state index >= 15 is 0 Å². The van der Waals surface area contributed by atoms with Crippen molar-refractivity contribution in [3.8, 4) is 0 Å². The molecule has 2 N–H and O–H groups in total. The molecule has 3 nitrogen and oxygen atoms in total. The van der Waals surface area contributed by atoms with Gasteiger partial charge in [-0.15, -0.1) is 0 Å². The molecule has 0 bridgehead atoms. The molecule has 0 saturated heterocycles. The molecule has 0 radical (unpaired) electrons. The first-order valence-electron chi connectivity index (χ1n) is 4.76. The van der Waals surface area contributed by atoms with Crippen LogP contribution >= 0.6 is 0 Å². The van der Waals surface area contributed by atoms with Gasteiger partial charge in [0.05, 0.1) is 0 Å². The molecule has 1 rings (SSSR count). The molecule has 0 aliphatic carbocycles. The first-order valence-corrected chi connectivity index (χ1v) is 4.76. The first kappa shape index (κ1) is 12.9. The molecule has 6 heteroatoms. The normalized spacial score (nSPS) is 13.8. The van der Waals surface area contributed by atoms with Crippen LogP contribution in [0.2, 0.25) is 0 Å². The van der Waals surface area contributed by atoms with Gasteiger partial charge in [-0.05, 0) is 18.6 Å². The predicted octanol–water partition coefficient (Wildman–Crippen LogP) is 1.40. The van der Waals surface area contributed by atoms with Crippen molar-refractivity contribution in [2.24, 2.45) is 0 Å². The Morgan fingerprint density at radius 2 is 2.12 bits per heavy atom. The van der Waals surface area contributed by atoms with Gasteiger partial charge >= 0.3 is 6.18 Å². The SMILES string of the molecule is Cc1ccc(CNCC(O)C(F)(F)F)cn1. The third kappa shape index (κ3) is 4.16. The fraction of sp³-hybridized carbons (Fsp3) is 0.500. The van der Waals surface area contributed by atoms with Crippen LogP contribution in [0.25, 0.3) is 0 Å². The van der Waals surface area contributed by atoms with Gasteiger partial charge in [0.1, 0.15) is 0 Å². The van der Waals surface area contributed by atoms with E-state index in [4.69, 9.17) is 5.11 Å². The van der Waals surface area contributed by atoms with Gasteiger partial charge in [-0.1, -0.05) is 6.07 Å². The number of hydrogen-bond donors (Lipinski definition) is 2. The van der Waals surface area contributed by atoms with Crippen molar-refractivity contribution >= 4 is 0 Å². The summed E-state index contributed by atoms with van der Waals surface area (Å²) in [6.45, 7) is 1.56. The molecule has 0 aliphatic rings. The van der Waals surface area contributed by atoms with E-state index in [1.807, 2.05) is 6.92 Å². The summed E-state index contributed by atoms with van der Waals surface area (Å²) in [5, 5.41) is 11.2. The Kier molecular flexibility index (Phi) is 4.26. The topological polar surface area (TPSA) is 45.1 Å². The van der Waals surface area contributed by atoms with Gasteiger partial charge in [-0.25, -0.2) is 0 Å². The number of aliphatic hydroxyl groups is 1. The first-order chi connectivity index (χ1) is 7.39. The lowest BCUT2D eigenvalue weighted by molar-refractivity contribution is -0.201. The average molecular weight is 234 g/mol. The Morgan fingerprint density at radius 3 is 2.62 bits per heavy atom. The van der Waals surface area contributed by atoms with Gasteiger partial charge in [-0.2, -0.15) is 13.2 Å². The number of alkyl halides is 3. The van der Waals surface area contributed by atoms with Crippen LogP contribution in [0.1, 0.15) is 11.3 Å². The standard InChI is InChI=1S/C10H13F3N2O/c1-7-2-3-8(5-15-7)4-14-6-9(16)10(11,12)13/h2-3,5,9,14,16H,4,6H2,1H3. The number of rotatable bonds is 4. The quantitative estimate of drug-likeness (QED) is 0.827. The van der Waals surface area contributed by atoms with Gasteiger partial charge < -0.3 is 10.4 Å². The number of halogens is 3. The summed E-state index contributed by atoms with van der Waals surface area (Å²) in [5.74, 6) is 0. The second kappa shape index (κ2) is 5.27. The Balaban J connectivity index is 2.33. The smallest absolute Gasteiger partial charge is 0.382 e. The summed E-state index contributed by atoms with van der Waals surface area (Å²) in [4.78, 5) is 4.00. The fourth-order valence-electron chi connectivity index (χ4n) is 1.07. The summed E-state index contributed by atoms with van der Waals surface area (Å²) < 4.78 is 35.8. The Hall–Kier alpha value is -1.14. The number of aromatic nitrogens is 1. The molecule has 0 fully saturated rings. The molecule has 1 atom stereocenters. The zero-order valence-corrected chi connectivity index (χ0v) is 8.75. The zero-order chi connectivity index (χ0) is 12.2. The highest BCUT2D eigenvalue weighted by molar-refractivity contribution is 5.12. The van der Waals surface area contributed by atoms with Gasteiger partial charge in [0.25, 0.3) is 0 Å². The summed E-state index contributed by atoms with van der Waals surface area (Å²) in [6, 6.07) is 3.55. The third-order valence-corrected chi connectivity index (χ3v) is 2.02. The maximum absolute atomic E-state index is 11.9. The molecule has 1 heterocycles. The van der Waals surface area contributed by atoms with Crippen molar-refractivity contribution in [1.82, 2.24) is 10.3 Å². The maximum atomic E-state index is 11.9. The molecular formula is C10H13F3N2O. The monoisotopic (exact) mass is 234 g/mol. The van der Waals surface area contributed by atoms with Crippen molar-refractivity contribution in [1.29, 1.82) is 0 Å². The highest BCUT2D eigenvalue weighted by atomic mass is 19.4. The second-order valence-electron chi connectivity index (χ2n) is 3.50. The van der Waals surface area contributed by atoms with Crippen molar-refractivity contribution in [2.45, 2.75) is 25.7 Å². The molecule has 90 valence electrons. The molecule has 1 aromatic heterocycles. The Labute approximate surface area is 91.3 Å². The summed E-state index contributed by atoms with van der Waals surface area (Å²) in [5.41, 5.74) is 1.62. The van der Waals surface area contributed by atoms with Crippen LogP contribution in [0.3, 0.4) is 0 Å². The van der Waals surface area contributed by atoms with E-state index in [1.165, 1.54) is 0 Å². The molecule has 0 spiro atoms. The molecule has 1 unspecified atom stereocenters. The minimum Gasteiger partial charge on any atom is -0.382 e. The summed E-state index contributed by atoms with van der Waals surface area (Å²) in [7, 11) is 0. The van der Waals surface area contributed by atoms with Gasteiger partial charge in [0, 0.05) is 25.0 Å². The van der Waals surface area contributed by atoms with E-state index in [2.05, 4.69) is 10.3 Å². The molecule has 0 aromatic carbocycles. The summed E-state index contributed by atoms with van der Waals surface area (Å²) >= 11 is 0. The lowest BCUT2D eigenvalue weighted by Crippen LogP contribution is -2.38. The number of hydrogen-bond acceptors (Lipinski definition) is 3. The lowest BCUT2D eigenvalue weighted by atomic mass is 10.2. The van der Waals surface area contributed by atoms with Crippen LogP contribution < -0.4 is 5.32 Å². The van der Waals surface area contributed by atoms with E-state index in [-0.39, 0.29) is 6.54 Å². The van der Waals surface area contributed by atoms with E-state index in [0.29, 0.717) is 0 Å². The van der Waals surface area contributed by atoms with Crippen LogP contribution in [0, 0.1) is 6.92 Å². The van der Waals surface area contributed by atoms with Gasteiger partial charge in [0.2, 0.25) is 0 Å². The highest BCUT2D eigenvalue weighted by Gasteiger charge is 2.37. The number of pyridine rings is 1. The molecule has 0 aliphatic heterocycles. The van der Waals surface area contributed by atoms with Crippen LogP contribution in [0.5, 0.6) is 0 Å². The molecular weight excluding hydrogens is 221 g/mol. The van der Waals surface area contributed by atoms with E-state index in [9.17, 15) is 13.2 Å². The molecule has 1 aromatic rings. The number of aryl methyl sites for hydroxylation is 1. The van der Waals surface area contributed by atoms with Crippen molar-refractivity contribution < 1.29 is 18.3 Å². The van der Waals surface area contributed by atoms with Crippen LogP contribution in [-0.4, -0.2) is 28.9 Å². The fourth-order valence-corrected chi connectivity index (χ4v) is 1.07. The predicted molar refractivity (Wildman–Crippen MR) is 52.7 cm³/mol. The maximum Gasteiger partial charge on any atom is 0.415 e. The number of aliphatic hydroxyl groups excluding tert-OH is 1.